The predicted octanol–water partition coefficient (Wildman–Crippen LogP) is 5.14. The molecule has 0 spiro atoms. The van der Waals surface area contributed by atoms with Gasteiger partial charge in [-0.3, -0.25) is 14.5 Å². The van der Waals surface area contributed by atoms with E-state index in [4.69, 9.17) is 4.74 Å². The van der Waals surface area contributed by atoms with Crippen molar-refractivity contribution in [1.82, 2.24) is 4.90 Å². The zero-order valence-electron chi connectivity index (χ0n) is 14.5. The molecule has 0 aliphatic carbocycles. The van der Waals surface area contributed by atoms with Gasteiger partial charge in [-0.05, 0) is 75.8 Å². The molecule has 3 rings (SSSR count). The second-order valence-electron chi connectivity index (χ2n) is 5.68. The normalized spacial score (nSPS) is 15.6. The van der Waals surface area contributed by atoms with E-state index in [0.717, 1.165) is 20.9 Å². The maximum atomic E-state index is 12.6. The number of hydrogen-bond acceptors (Lipinski definition) is 5. The van der Waals surface area contributed by atoms with Gasteiger partial charge in [0, 0.05) is 3.57 Å². The highest BCUT2D eigenvalue weighted by Crippen LogP contribution is 2.35. The van der Waals surface area contributed by atoms with Crippen LogP contribution in [0, 0.1) is 3.57 Å². The number of methoxy groups -OCH3 is 1. The fraction of sp³-hybridized carbons (Fsp3) is 0.158. The number of thioether (sulfide) groups is 1. The fourth-order valence-corrected chi connectivity index (χ4v) is 3.73. The molecular weight excluding hydrogens is 503 g/mol. The average molecular weight is 517 g/mol. The first-order valence-electron chi connectivity index (χ1n) is 8.00. The third-order valence-electron chi connectivity index (χ3n) is 3.83. The Balaban J connectivity index is 1.80. The molecule has 1 fully saturated rings. The molecule has 2 amide bonds. The first-order chi connectivity index (χ1) is 13.4. The van der Waals surface area contributed by atoms with Crippen molar-refractivity contribution in [2.75, 3.05) is 7.11 Å². The van der Waals surface area contributed by atoms with Gasteiger partial charge in [-0.25, -0.2) is 0 Å². The van der Waals surface area contributed by atoms with E-state index in [1.165, 1.54) is 36.3 Å². The minimum absolute atomic E-state index is 0.104. The van der Waals surface area contributed by atoms with E-state index < -0.39 is 12.5 Å². The van der Waals surface area contributed by atoms with Gasteiger partial charge in [-0.15, -0.1) is 0 Å². The average Bonchev–Trinajstić information content (AvgIpc) is 2.91. The van der Waals surface area contributed by atoms with Gasteiger partial charge in [0.25, 0.3) is 11.1 Å². The lowest BCUT2D eigenvalue weighted by atomic mass is 10.1. The summed E-state index contributed by atoms with van der Waals surface area (Å²) in [5, 5.41) is -0.362. The number of amides is 2. The number of benzene rings is 2. The van der Waals surface area contributed by atoms with Crippen molar-refractivity contribution in [2.45, 2.75) is 13.2 Å². The van der Waals surface area contributed by atoms with Crippen molar-refractivity contribution in [3.05, 3.63) is 62.1 Å². The van der Waals surface area contributed by atoms with Crippen LogP contribution in [0.2, 0.25) is 0 Å². The minimum Gasteiger partial charge on any atom is -0.493 e. The standard InChI is InChI=1S/C19H14F2INO4S/c1-26-15-8-12(4-7-14(15)27-18(20)21)9-16-17(24)23(19(25)28-16)10-11-2-5-13(22)6-3-11/h2-9,18H,10H2,1H3/b16-9-. The number of rotatable bonds is 6. The molecule has 2 aromatic rings. The molecule has 1 aliphatic heterocycles. The lowest BCUT2D eigenvalue weighted by molar-refractivity contribution is -0.123. The molecule has 1 aliphatic rings. The van der Waals surface area contributed by atoms with E-state index >= 15 is 0 Å². The Morgan fingerprint density at radius 3 is 2.50 bits per heavy atom. The van der Waals surface area contributed by atoms with Gasteiger partial charge in [0.05, 0.1) is 18.6 Å². The molecule has 0 atom stereocenters. The molecule has 2 aromatic carbocycles. The Hall–Kier alpha value is -2.14. The van der Waals surface area contributed by atoms with Crippen molar-refractivity contribution in [2.24, 2.45) is 0 Å². The summed E-state index contributed by atoms with van der Waals surface area (Å²) in [6, 6.07) is 11.8. The summed E-state index contributed by atoms with van der Waals surface area (Å²) < 4.78 is 35.3. The van der Waals surface area contributed by atoms with Gasteiger partial charge >= 0.3 is 6.61 Å². The maximum absolute atomic E-state index is 12.6. The summed E-state index contributed by atoms with van der Waals surface area (Å²) in [4.78, 5) is 26.3. The summed E-state index contributed by atoms with van der Waals surface area (Å²) in [7, 11) is 1.33. The highest BCUT2D eigenvalue weighted by atomic mass is 127. The zero-order chi connectivity index (χ0) is 20.3. The summed E-state index contributed by atoms with van der Waals surface area (Å²) >= 11 is 3.01. The maximum Gasteiger partial charge on any atom is 0.387 e. The number of ether oxygens (including phenoxy) is 2. The van der Waals surface area contributed by atoms with Crippen LogP contribution in [0.25, 0.3) is 6.08 Å². The van der Waals surface area contributed by atoms with Crippen LogP contribution in [0.15, 0.2) is 47.4 Å². The van der Waals surface area contributed by atoms with Crippen LogP contribution in [0.5, 0.6) is 11.5 Å². The summed E-state index contributed by atoms with van der Waals surface area (Å²) in [6.07, 6.45) is 1.52. The Labute approximate surface area is 177 Å². The van der Waals surface area contributed by atoms with Crippen LogP contribution >= 0.6 is 34.4 Å². The van der Waals surface area contributed by atoms with E-state index in [2.05, 4.69) is 27.3 Å². The summed E-state index contributed by atoms with van der Waals surface area (Å²) in [6.45, 7) is -2.79. The molecular formula is C19H14F2INO4S. The number of carbonyl (C=O) groups excluding carboxylic acids is 2. The van der Waals surface area contributed by atoms with Gasteiger partial charge in [-0.1, -0.05) is 18.2 Å². The second kappa shape index (κ2) is 8.91. The molecule has 0 unspecified atom stereocenters. The van der Waals surface area contributed by atoms with E-state index in [1.807, 2.05) is 24.3 Å². The van der Waals surface area contributed by atoms with E-state index in [0.29, 0.717) is 5.56 Å². The predicted molar refractivity (Wildman–Crippen MR) is 110 cm³/mol. The molecule has 9 heteroatoms. The van der Waals surface area contributed by atoms with Crippen LogP contribution in [-0.4, -0.2) is 29.8 Å². The van der Waals surface area contributed by atoms with Crippen LogP contribution in [0.4, 0.5) is 13.6 Å². The lowest BCUT2D eigenvalue weighted by Crippen LogP contribution is -2.27. The molecule has 0 radical (unpaired) electrons. The number of hydrogen-bond donors (Lipinski definition) is 0. The molecule has 0 aromatic heterocycles. The largest absolute Gasteiger partial charge is 0.493 e. The molecule has 0 bridgehead atoms. The Kier molecular flexibility index (Phi) is 6.55. The van der Waals surface area contributed by atoms with E-state index in [1.54, 1.807) is 0 Å². The van der Waals surface area contributed by atoms with Gasteiger partial charge in [0.15, 0.2) is 11.5 Å². The SMILES string of the molecule is COc1cc(/C=C2\SC(=O)N(Cc3ccc(I)cc3)C2=O)ccc1OC(F)F. The summed E-state index contributed by atoms with van der Waals surface area (Å²) in [5.41, 5.74) is 1.37. The van der Waals surface area contributed by atoms with Crippen molar-refractivity contribution >= 4 is 51.6 Å². The minimum atomic E-state index is -2.97. The number of halogens is 3. The zero-order valence-corrected chi connectivity index (χ0v) is 17.5. The molecule has 1 saturated heterocycles. The first-order valence-corrected chi connectivity index (χ1v) is 9.89. The highest BCUT2D eigenvalue weighted by Gasteiger charge is 2.35. The van der Waals surface area contributed by atoms with Crippen LogP contribution in [0.1, 0.15) is 11.1 Å². The van der Waals surface area contributed by atoms with Crippen LogP contribution in [0.3, 0.4) is 0 Å². The Morgan fingerprint density at radius 2 is 1.86 bits per heavy atom. The highest BCUT2D eigenvalue weighted by molar-refractivity contribution is 14.1. The Bertz CT molecular complexity index is 934. The lowest BCUT2D eigenvalue weighted by Gasteiger charge is -2.12. The molecule has 1 heterocycles. The van der Waals surface area contributed by atoms with E-state index in [9.17, 15) is 18.4 Å². The third-order valence-corrected chi connectivity index (χ3v) is 5.46. The fourth-order valence-electron chi connectivity index (χ4n) is 2.53. The third kappa shape index (κ3) is 4.82. The quantitative estimate of drug-likeness (QED) is 0.393. The smallest absolute Gasteiger partial charge is 0.387 e. The van der Waals surface area contributed by atoms with Crippen molar-refractivity contribution in [3.8, 4) is 11.5 Å². The van der Waals surface area contributed by atoms with Gasteiger partial charge < -0.3 is 9.47 Å². The van der Waals surface area contributed by atoms with E-state index in [-0.39, 0.29) is 28.2 Å². The Morgan fingerprint density at radius 1 is 1.14 bits per heavy atom. The van der Waals surface area contributed by atoms with Gasteiger partial charge in [0.1, 0.15) is 0 Å². The van der Waals surface area contributed by atoms with Gasteiger partial charge in [0.2, 0.25) is 0 Å². The van der Waals surface area contributed by atoms with Crippen molar-refractivity contribution in [1.29, 1.82) is 0 Å². The number of carbonyl (C=O) groups is 2. The monoisotopic (exact) mass is 517 g/mol. The number of alkyl halides is 2. The van der Waals surface area contributed by atoms with Crippen molar-refractivity contribution < 1.29 is 27.8 Å². The summed E-state index contributed by atoms with van der Waals surface area (Å²) in [5.74, 6) is -0.408. The second-order valence-corrected chi connectivity index (χ2v) is 7.92. The first kappa shape index (κ1) is 20.6. The van der Waals surface area contributed by atoms with Gasteiger partial charge in [-0.2, -0.15) is 8.78 Å². The van der Waals surface area contributed by atoms with Crippen LogP contribution in [-0.2, 0) is 11.3 Å². The van der Waals surface area contributed by atoms with Crippen LogP contribution < -0.4 is 9.47 Å². The molecule has 28 heavy (non-hydrogen) atoms. The molecule has 0 N–H and O–H groups in total. The molecule has 0 saturated carbocycles. The number of nitrogens with zero attached hydrogens (tertiary/aromatic N) is 1. The number of imide groups is 1. The molecule has 5 nitrogen and oxygen atoms in total. The van der Waals surface area contributed by atoms with Crippen molar-refractivity contribution in [3.63, 3.8) is 0 Å². The topological polar surface area (TPSA) is 55.8 Å². The molecule has 146 valence electrons.